The average Bonchev–Trinajstić information content (AvgIpc) is 3.22. The zero-order valence-corrected chi connectivity index (χ0v) is 14.4. The number of benzene rings is 1. The van der Waals surface area contributed by atoms with Crippen LogP contribution in [0.15, 0.2) is 41.1 Å². The van der Waals surface area contributed by atoms with Gasteiger partial charge < -0.3 is 4.74 Å². The van der Waals surface area contributed by atoms with E-state index in [1.54, 1.807) is 18.4 Å². The van der Waals surface area contributed by atoms with E-state index < -0.39 is 0 Å². The highest BCUT2D eigenvalue weighted by Gasteiger charge is 2.10. The normalized spacial score (nSPS) is 11.3. The molecule has 3 nitrogen and oxygen atoms in total. The lowest BCUT2D eigenvalue weighted by atomic mass is 10.1. The fraction of sp³-hybridized carbons (Fsp3) is 0.111. The molecule has 0 aliphatic rings. The zero-order chi connectivity index (χ0) is 16.2. The van der Waals surface area contributed by atoms with Gasteiger partial charge in [-0.15, -0.1) is 22.7 Å². The van der Waals surface area contributed by atoms with Gasteiger partial charge in [0.1, 0.15) is 16.8 Å². The summed E-state index contributed by atoms with van der Waals surface area (Å²) in [6.45, 7) is 2.04. The Balaban J connectivity index is 1.92. The van der Waals surface area contributed by atoms with Crippen LogP contribution in [0.3, 0.4) is 0 Å². The Morgan fingerprint density at radius 3 is 2.61 bits per heavy atom. The largest absolute Gasteiger partial charge is 0.497 e. The first-order valence-corrected chi connectivity index (χ1v) is 8.73. The number of rotatable bonds is 4. The monoisotopic (exact) mass is 338 g/mol. The third-order valence-corrected chi connectivity index (χ3v) is 5.26. The number of aryl methyl sites for hydroxylation is 1. The number of nitrogens with zero attached hydrogens (tertiary/aromatic N) is 2. The molecule has 0 bridgehead atoms. The van der Waals surface area contributed by atoms with Crippen LogP contribution in [0.25, 0.3) is 22.9 Å². The quantitative estimate of drug-likeness (QED) is 0.610. The van der Waals surface area contributed by atoms with E-state index in [-0.39, 0.29) is 0 Å². The van der Waals surface area contributed by atoms with Crippen LogP contribution in [-0.2, 0) is 0 Å². The Labute approximate surface area is 143 Å². The molecule has 0 aliphatic heterocycles. The molecule has 2 aromatic heterocycles. The van der Waals surface area contributed by atoms with E-state index in [4.69, 9.17) is 4.74 Å². The smallest absolute Gasteiger partial charge is 0.134 e. The fourth-order valence-electron chi connectivity index (χ4n) is 2.10. The molecule has 3 aromatic rings. The molecule has 5 heteroatoms. The lowest BCUT2D eigenvalue weighted by molar-refractivity contribution is 0.415. The second kappa shape index (κ2) is 6.78. The van der Waals surface area contributed by atoms with Gasteiger partial charge in [-0.1, -0.05) is 0 Å². The fourth-order valence-corrected chi connectivity index (χ4v) is 3.75. The minimum Gasteiger partial charge on any atom is -0.497 e. The maximum atomic E-state index is 9.45. The maximum absolute atomic E-state index is 9.45. The molecule has 3 rings (SSSR count). The Hall–Kier alpha value is -2.42. The van der Waals surface area contributed by atoms with Gasteiger partial charge in [-0.05, 0) is 54.3 Å². The van der Waals surface area contributed by atoms with Gasteiger partial charge in [0.2, 0.25) is 0 Å². The van der Waals surface area contributed by atoms with E-state index in [1.165, 1.54) is 16.9 Å². The second-order valence-electron chi connectivity index (χ2n) is 4.90. The molecule has 0 radical (unpaired) electrons. The first kappa shape index (κ1) is 15.5. The van der Waals surface area contributed by atoms with Crippen LogP contribution in [0.5, 0.6) is 5.75 Å². The van der Waals surface area contributed by atoms with Gasteiger partial charge in [-0.3, -0.25) is 0 Å². The highest BCUT2D eigenvalue weighted by Crippen LogP contribution is 2.29. The van der Waals surface area contributed by atoms with Crippen LogP contribution in [0.1, 0.15) is 15.4 Å². The third kappa shape index (κ3) is 3.34. The van der Waals surface area contributed by atoms with E-state index in [0.717, 1.165) is 26.9 Å². The number of hydrogen-bond donors (Lipinski definition) is 0. The van der Waals surface area contributed by atoms with Gasteiger partial charge in [-0.2, -0.15) is 5.26 Å². The average molecular weight is 338 g/mol. The molecule has 0 atom stereocenters. The molecule has 0 spiro atoms. The van der Waals surface area contributed by atoms with E-state index in [2.05, 4.69) is 17.1 Å². The number of nitriles is 1. The van der Waals surface area contributed by atoms with Gasteiger partial charge in [-0.25, -0.2) is 4.98 Å². The summed E-state index contributed by atoms with van der Waals surface area (Å²) in [4.78, 5) is 5.71. The molecule has 23 heavy (non-hydrogen) atoms. The van der Waals surface area contributed by atoms with Gasteiger partial charge in [0, 0.05) is 15.8 Å². The molecular weight excluding hydrogens is 324 g/mol. The standard InChI is InChI=1S/C18H14N2OS2/c1-12-7-8-22-17(12)9-14(10-19)18-20-16(11-23-18)13-3-5-15(21-2)6-4-13/h3-9,11H,1-2H3/b14-9-. The molecule has 0 N–H and O–H groups in total. The summed E-state index contributed by atoms with van der Waals surface area (Å²) in [7, 11) is 1.65. The summed E-state index contributed by atoms with van der Waals surface area (Å²) in [5.74, 6) is 0.815. The third-order valence-electron chi connectivity index (χ3n) is 3.42. The van der Waals surface area contributed by atoms with Crippen molar-refractivity contribution in [2.24, 2.45) is 0 Å². The number of aromatic nitrogens is 1. The van der Waals surface area contributed by atoms with Crippen LogP contribution >= 0.6 is 22.7 Å². The summed E-state index contributed by atoms with van der Waals surface area (Å²) in [6.07, 6.45) is 1.91. The van der Waals surface area contributed by atoms with Crippen molar-refractivity contribution in [3.8, 4) is 23.1 Å². The Kier molecular flexibility index (Phi) is 4.56. The predicted molar refractivity (Wildman–Crippen MR) is 96.6 cm³/mol. The van der Waals surface area contributed by atoms with Crippen molar-refractivity contribution in [1.29, 1.82) is 5.26 Å². The number of thiophene rings is 1. The van der Waals surface area contributed by atoms with Crippen LogP contribution in [0, 0.1) is 18.3 Å². The molecular formula is C18H14N2OS2. The Morgan fingerprint density at radius 1 is 1.22 bits per heavy atom. The molecule has 2 heterocycles. The molecule has 0 aliphatic carbocycles. The van der Waals surface area contributed by atoms with E-state index in [0.29, 0.717) is 5.57 Å². The molecule has 1 aromatic carbocycles. The number of ether oxygens (including phenoxy) is 1. The van der Waals surface area contributed by atoms with Crippen molar-refractivity contribution in [1.82, 2.24) is 4.98 Å². The predicted octanol–water partition coefficient (Wildman–Crippen LogP) is 5.25. The van der Waals surface area contributed by atoms with Gasteiger partial charge in [0.25, 0.3) is 0 Å². The van der Waals surface area contributed by atoms with Crippen molar-refractivity contribution in [3.63, 3.8) is 0 Å². The zero-order valence-electron chi connectivity index (χ0n) is 12.7. The molecule has 0 amide bonds. The van der Waals surface area contributed by atoms with Crippen molar-refractivity contribution in [2.45, 2.75) is 6.92 Å². The van der Waals surface area contributed by atoms with Crippen molar-refractivity contribution >= 4 is 34.3 Å². The highest BCUT2D eigenvalue weighted by molar-refractivity contribution is 7.12. The highest BCUT2D eigenvalue weighted by atomic mass is 32.1. The van der Waals surface area contributed by atoms with Crippen LogP contribution < -0.4 is 4.74 Å². The summed E-state index contributed by atoms with van der Waals surface area (Å²) in [5, 5.41) is 14.2. The number of thiazole rings is 1. The summed E-state index contributed by atoms with van der Waals surface area (Å²) in [6, 6.07) is 12.1. The number of methoxy groups -OCH3 is 1. The number of allylic oxidation sites excluding steroid dienone is 1. The number of hydrogen-bond acceptors (Lipinski definition) is 5. The van der Waals surface area contributed by atoms with Crippen LogP contribution in [0.2, 0.25) is 0 Å². The first-order chi connectivity index (χ1) is 11.2. The maximum Gasteiger partial charge on any atom is 0.134 e. The summed E-state index contributed by atoms with van der Waals surface area (Å²) < 4.78 is 5.17. The molecule has 0 fully saturated rings. The van der Waals surface area contributed by atoms with Crippen molar-refractivity contribution < 1.29 is 4.74 Å². The topological polar surface area (TPSA) is 45.9 Å². The summed E-state index contributed by atoms with van der Waals surface area (Å²) in [5.41, 5.74) is 3.66. The second-order valence-corrected chi connectivity index (χ2v) is 6.71. The molecule has 114 valence electrons. The van der Waals surface area contributed by atoms with Crippen LogP contribution in [0.4, 0.5) is 0 Å². The van der Waals surface area contributed by atoms with Crippen LogP contribution in [-0.4, -0.2) is 12.1 Å². The van der Waals surface area contributed by atoms with E-state index >= 15 is 0 Å². The molecule has 0 unspecified atom stereocenters. The van der Waals surface area contributed by atoms with Gasteiger partial charge in [0.05, 0.1) is 18.4 Å². The van der Waals surface area contributed by atoms with Gasteiger partial charge in [0.15, 0.2) is 0 Å². The minimum absolute atomic E-state index is 0.598. The lowest BCUT2D eigenvalue weighted by Gasteiger charge is -2.00. The first-order valence-electron chi connectivity index (χ1n) is 6.97. The molecule has 0 saturated carbocycles. The van der Waals surface area contributed by atoms with Gasteiger partial charge >= 0.3 is 0 Å². The lowest BCUT2D eigenvalue weighted by Crippen LogP contribution is -1.84. The molecule has 0 saturated heterocycles. The SMILES string of the molecule is COc1ccc(-c2csc(/C(C#N)=C\c3sccc3C)n2)cc1. The Morgan fingerprint density at radius 2 is 2.00 bits per heavy atom. The van der Waals surface area contributed by atoms with Crippen molar-refractivity contribution in [2.75, 3.05) is 7.11 Å². The summed E-state index contributed by atoms with van der Waals surface area (Å²) >= 11 is 3.12. The van der Waals surface area contributed by atoms with E-state index in [1.807, 2.05) is 48.0 Å². The Bertz CT molecular complexity index is 882. The van der Waals surface area contributed by atoms with Crippen molar-refractivity contribution in [3.05, 3.63) is 56.5 Å². The van der Waals surface area contributed by atoms with E-state index in [9.17, 15) is 5.26 Å². The minimum atomic E-state index is 0.598.